The first-order valence-electron chi connectivity index (χ1n) is 5.13. The average Bonchev–Trinajstić information content (AvgIpc) is 2.11. The van der Waals surface area contributed by atoms with Crippen molar-refractivity contribution >= 4 is 6.03 Å². The van der Waals surface area contributed by atoms with Crippen molar-refractivity contribution in [2.24, 2.45) is 11.7 Å². The zero-order valence-electron chi connectivity index (χ0n) is 9.05. The van der Waals surface area contributed by atoms with Gasteiger partial charge in [-0.1, -0.05) is 6.92 Å². The Labute approximate surface area is 92.0 Å². The van der Waals surface area contributed by atoms with Crippen LogP contribution >= 0.6 is 0 Å². The number of carbonyl (C=O) groups excluding carboxylic acids is 1. The zero-order chi connectivity index (χ0) is 12.3. The maximum Gasteiger partial charge on any atom is 0.405 e. The molecule has 3 N–H and O–H groups in total. The summed E-state index contributed by atoms with van der Waals surface area (Å²) in [7, 11) is 0. The highest BCUT2D eigenvalue weighted by atomic mass is 19.4. The van der Waals surface area contributed by atoms with E-state index >= 15 is 0 Å². The molecular formula is C9H16F3N3O. The predicted octanol–water partition coefficient (Wildman–Crippen LogP) is 0.927. The number of rotatable bonds is 1. The number of halogens is 3. The Balaban J connectivity index is 2.41. The molecule has 4 nitrogen and oxygen atoms in total. The normalized spacial score (nSPS) is 26.7. The lowest BCUT2D eigenvalue weighted by Gasteiger charge is -2.34. The number of alkyl halides is 3. The SMILES string of the molecule is CC1CC(N)CN(C(=O)NCC(F)(F)F)C1. The van der Waals surface area contributed by atoms with Crippen LogP contribution in [0.4, 0.5) is 18.0 Å². The first-order valence-corrected chi connectivity index (χ1v) is 5.13. The van der Waals surface area contributed by atoms with E-state index in [2.05, 4.69) is 0 Å². The van der Waals surface area contributed by atoms with E-state index in [4.69, 9.17) is 5.73 Å². The van der Waals surface area contributed by atoms with Gasteiger partial charge in [0.25, 0.3) is 0 Å². The van der Waals surface area contributed by atoms with E-state index in [9.17, 15) is 18.0 Å². The number of hydrogen-bond donors (Lipinski definition) is 2. The molecule has 2 amide bonds. The summed E-state index contributed by atoms with van der Waals surface area (Å²) >= 11 is 0. The second-order valence-electron chi connectivity index (χ2n) is 4.28. The fourth-order valence-corrected chi connectivity index (χ4v) is 1.85. The molecule has 1 aliphatic rings. The number of likely N-dealkylation sites (tertiary alicyclic amines) is 1. The highest BCUT2D eigenvalue weighted by Crippen LogP contribution is 2.16. The fourth-order valence-electron chi connectivity index (χ4n) is 1.85. The van der Waals surface area contributed by atoms with E-state index in [1.807, 2.05) is 12.2 Å². The number of piperidine rings is 1. The van der Waals surface area contributed by atoms with Crippen LogP contribution in [0.2, 0.25) is 0 Å². The van der Waals surface area contributed by atoms with Crippen LogP contribution in [-0.2, 0) is 0 Å². The summed E-state index contributed by atoms with van der Waals surface area (Å²) in [6, 6.07) is -0.847. The van der Waals surface area contributed by atoms with Crippen molar-refractivity contribution in [3.63, 3.8) is 0 Å². The smallest absolute Gasteiger partial charge is 0.329 e. The summed E-state index contributed by atoms with van der Waals surface area (Å²) < 4.78 is 35.6. The Bertz CT molecular complexity index is 247. The fraction of sp³-hybridized carbons (Fsp3) is 0.889. The molecule has 1 fully saturated rings. The van der Waals surface area contributed by atoms with E-state index in [1.54, 1.807) is 0 Å². The van der Waals surface area contributed by atoms with Crippen LogP contribution < -0.4 is 11.1 Å². The number of carbonyl (C=O) groups is 1. The van der Waals surface area contributed by atoms with Gasteiger partial charge in [0, 0.05) is 19.1 Å². The van der Waals surface area contributed by atoms with Crippen molar-refractivity contribution in [2.75, 3.05) is 19.6 Å². The van der Waals surface area contributed by atoms with Crippen LogP contribution in [0.1, 0.15) is 13.3 Å². The van der Waals surface area contributed by atoms with Gasteiger partial charge >= 0.3 is 12.2 Å². The van der Waals surface area contributed by atoms with Crippen molar-refractivity contribution in [3.8, 4) is 0 Å². The molecule has 0 aromatic carbocycles. The molecule has 1 saturated heterocycles. The van der Waals surface area contributed by atoms with E-state index in [0.717, 1.165) is 6.42 Å². The van der Waals surface area contributed by atoms with Crippen molar-refractivity contribution < 1.29 is 18.0 Å². The number of hydrogen-bond acceptors (Lipinski definition) is 2. The monoisotopic (exact) mass is 239 g/mol. The molecule has 0 spiro atoms. The minimum absolute atomic E-state index is 0.152. The van der Waals surface area contributed by atoms with Gasteiger partial charge in [0.2, 0.25) is 0 Å². The minimum atomic E-state index is -4.38. The molecule has 1 aliphatic heterocycles. The minimum Gasteiger partial charge on any atom is -0.329 e. The Kier molecular flexibility index (Phi) is 4.01. The van der Waals surface area contributed by atoms with Gasteiger partial charge in [-0.3, -0.25) is 0 Å². The average molecular weight is 239 g/mol. The van der Waals surface area contributed by atoms with Crippen LogP contribution in [0, 0.1) is 5.92 Å². The third kappa shape index (κ3) is 4.26. The summed E-state index contributed by atoms with van der Waals surface area (Å²) in [5.41, 5.74) is 5.69. The first-order chi connectivity index (χ1) is 7.28. The number of nitrogens with zero attached hydrogens (tertiary/aromatic N) is 1. The second-order valence-corrected chi connectivity index (χ2v) is 4.28. The van der Waals surface area contributed by atoms with Gasteiger partial charge < -0.3 is 16.0 Å². The van der Waals surface area contributed by atoms with Gasteiger partial charge in [-0.05, 0) is 12.3 Å². The molecular weight excluding hydrogens is 223 g/mol. The van der Waals surface area contributed by atoms with E-state index in [1.165, 1.54) is 4.90 Å². The van der Waals surface area contributed by atoms with E-state index in [-0.39, 0.29) is 12.0 Å². The molecule has 0 bridgehead atoms. The maximum atomic E-state index is 11.9. The molecule has 1 heterocycles. The summed E-state index contributed by atoms with van der Waals surface area (Å²) in [6.45, 7) is 1.39. The third-order valence-corrected chi connectivity index (χ3v) is 2.42. The van der Waals surface area contributed by atoms with Gasteiger partial charge in [-0.25, -0.2) is 4.79 Å². The maximum absolute atomic E-state index is 11.9. The summed E-state index contributed by atoms with van der Waals surface area (Å²) in [5.74, 6) is 0.223. The number of nitrogens with one attached hydrogen (secondary N) is 1. The molecule has 1 rings (SSSR count). The molecule has 2 unspecified atom stereocenters. The van der Waals surface area contributed by atoms with Gasteiger partial charge in [0.05, 0.1) is 0 Å². The molecule has 0 aromatic heterocycles. The highest BCUT2D eigenvalue weighted by Gasteiger charge is 2.30. The van der Waals surface area contributed by atoms with Crippen molar-refractivity contribution in [3.05, 3.63) is 0 Å². The zero-order valence-corrected chi connectivity index (χ0v) is 9.05. The third-order valence-electron chi connectivity index (χ3n) is 2.42. The molecule has 0 aliphatic carbocycles. The van der Waals surface area contributed by atoms with Crippen LogP contribution in [-0.4, -0.2) is 42.8 Å². The molecule has 0 aromatic rings. The number of urea groups is 1. The Hall–Kier alpha value is -0.980. The van der Waals surface area contributed by atoms with Gasteiger partial charge in [0.15, 0.2) is 0 Å². The summed E-state index contributed by atoms with van der Waals surface area (Å²) in [4.78, 5) is 12.7. The second kappa shape index (κ2) is 4.90. The lowest BCUT2D eigenvalue weighted by Crippen LogP contribution is -2.53. The number of amides is 2. The highest BCUT2D eigenvalue weighted by molar-refractivity contribution is 5.74. The standard InChI is InChI=1S/C9H16F3N3O/c1-6-2-7(13)4-15(3-6)8(16)14-5-9(10,11)12/h6-7H,2-5,13H2,1H3,(H,14,16). The van der Waals surface area contributed by atoms with Crippen LogP contribution in [0.3, 0.4) is 0 Å². The summed E-state index contributed by atoms with van der Waals surface area (Å²) in [6.07, 6.45) is -3.58. The van der Waals surface area contributed by atoms with Crippen LogP contribution in [0.5, 0.6) is 0 Å². The first kappa shape index (κ1) is 13.1. The molecule has 94 valence electrons. The Morgan fingerprint density at radius 1 is 1.50 bits per heavy atom. The lowest BCUT2D eigenvalue weighted by molar-refractivity contribution is -0.123. The molecule has 2 atom stereocenters. The Morgan fingerprint density at radius 2 is 2.12 bits per heavy atom. The van der Waals surface area contributed by atoms with Crippen molar-refractivity contribution in [2.45, 2.75) is 25.6 Å². The van der Waals surface area contributed by atoms with Crippen LogP contribution in [0.15, 0.2) is 0 Å². The molecule has 7 heteroatoms. The predicted molar refractivity (Wildman–Crippen MR) is 52.8 cm³/mol. The topological polar surface area (TPSA) is 58.4 Å². The molecule has 0 saturated carbocycles. The van der Waals surface area contributed by atoms with E-state index < -0.39 is 18.8 Å². The molecule has 16 heavy (non-hydrogen) atoms. The van der Waals surface area contributed by atoms with Gasteiger partial charge in [0.1, 0.15) is 6.54 Å². The van der Waals surface area contributed by atoms with Gasteiger partial charge in [-0.2, -0.15) is 13.2 Å². The van der Waals surface area contributed by atoms with Crippen molar-refractivity contribution in [1.29, 1.82) is 0 Å². The largest absolute Gasteiger partial charge is 0.405 e. The van der Waals surface area contributed by atoms with E-state index in [0.29, 0.717) is 13.1 Å². The summed E-state index contributed by atoms with van der Waals surface area (Å²) in [5, 5.41) is 1.84. The lowest BCUT2D eigenvalue weighted by atomic mass is 9.97. The quantitative estimate of drug-likeness (QED) is 0.715. The number of nitrogens with two attached hydrogens (primary N) is 1. The molecule has 0 radical (unpaired) electrons. The van der Waals surface area contributed by atoms with Crippen LogP contribution in [0.25, 0.3) is 0 Å². The van der Waals surface area contributed by atoms with Gasteiger partial charge in [-0.15, -0.1) is 0 Å². The Morgan fingerprint density at radius 3 is 2.62 bits per heavy atom. The van der Waals surface area contributed by atoms with Crippen molar-refractivity contribution in [1.82, 2.24) is 10.2 Å².